The Labute approximate surface area is 142 Å². The summed E-state index contributed by atoms with van der Waals surface area (Å²) in [6.45, 7) is 5.25. The molecule has 3 nitrogen and oxygen atoms in total. The van der Waals surface area contributed by atoms with Gasteiger partial charge in [0.2, 0.25) is 5.91 Å². The summed E-state index contributed by atoms with van der Waals surface area (Å²) in [5, 5.41) is 3.85. The Bertz CT molecular complexity index is 466. The molecule has 1 N–H and O–H groups in total. The van der Waals surface area contributed by atoms with Crippen LogP contribution in [0.2, 0.25) is 5.02 Å². The van der Waals surface area contributed by atoms with Gasteiger partial charge >= 0.3 is 0 Å². The summed E-state index contributed by atoms with van der Waals surface area (Å²) in [4.78, 5) is 15.6. The van der Waals surface area contributed by atoms with E-state index in [1.165, 1.54) is 24.3 Å². The van der Waals surface area contributed by atoms with E-state index < -0.39 is 0 Å². The van der Waals surface area contributed by atoms with Crippen LogP contribution in [0.1, 0.15) is 32.6 Å². The molecule has 122 valence electrons. The van der Waals surface area contributed by atoms with Crippen LogP contribution in [-0.4, -0.2) is 42.2 Å². The average Bonchev–Trinajstić information content (AvgIpc) is 2.99. The van der Waals surface area contributed by atoms with E-state index in [-0.39, 0.29) is 5.91 Å². The Balaban J connectivity index is 1.57. The highest BCUT2D eigenvalue weighted by Crippen LogP contribution is 2.21. The van der Waals surface area contributed by atoms with Gasteiger partial charge in [-0.15, -0.1) is 11.8 Å². The van der Waals surface area contributed by atoms with Gasteiger partial charge in [-0.1, -0.05) is 18.5 Å². The first-order valence-corrected chi connectivity index (χ1v) is 9.44. The lowest BCUT2D eigenvalue weighted by Gasteiger charge is -2.22. The largest absolute Gasteiger partial charge is 0.355 e. The molecule has 2 rings (SSSR count). The van der Waals surface area contributed by atoms with Crippen LogP contribution in [0.3, 0.4) is 0 Å². The lowest BCUT2D eigenvalue weighted by atomic mass is 10.2. The van der Waals surface area contributed by atoms with Crippen LogP contribution in [0.4, 0.5) is 0 Å². The Hall–Kier alpha value is -0.710. The van der Waals surface area contributed by atoms with Crippen molar-refractivity contribution in [2.24, 2.45) is 0 Å². The normalized spacial score (nSPS) is 18.5. The number of hydrogen-bond donors (Lipinski definition) is 1. The monoisotopic (exact) mass is 340 g/mol. The maximum atomic E-state index is 11.9. The SMILES string of the molecule is CCN1CCCC1CNC(=O)CCCSc1ccc(Cl)cc1. The van der Waals surface area contributed by atoms with Gasteiger partial charge in [-0.05, 0) is 62.4 Å². The second-order valence-electron chi connectivity index (χ2n) is 5.63. The average molecular weight is 341 g/mol. The highest BCUT2D eigenvalue weighted by atomic mass is 35.5. The van der Waals surface area contributed by atoms with E-state index in [0.717, 1.165) is 30.3 Å². The van der Waals surface area contributed by atoms with Crippen molar-refractivity contribution >= 4 is 29.3 Å². The fourth-order valence-corrected chi connectivity index (χ4v) is 3.80. The van der Waals surface area contributed by atoms with Gasteiger partial charge in [0.1, 0.15) is 0 Å². The minimum atomic E-state index is 0.180. The fraction of sp³-hybridized carbons (Fsp3) is 0.588. The van der Waals surface area contributed by atoms with Gasteiger partial charge in [0, 0.05) is 28.9 Å². The topological polar surface area (TPSA) is 32.3 Å². The van der Waals surface area contributed by atoms with Gasteiger partial charge in [0.05, 0.1) is 0 Å². The Morgan fingerprint density at radius 3 is 2.91 bits per heavy atom. The molecule has 1 aromatic carbocycles. The van der Waals surface area contributed by atoms with E-state index in [1.807, 2.05) is 24.3 Å². The number of nitrogens with zero attached hydrogens (tertiary/aromatic N) is 1. The van der Waals surface area contributed by atoms with Crippen LogP contribution in [-0.2, 0) is 4.79 Å². The summed E-state index contributed by atoms with van der Waals surface area (Å²) in [6.07, 6.45) is 3.98. The number of carbonyl (C=O) groups excluding carboxylic acids is 1. The van der Waals surface area contributed by atoms with E-state index in [9.17, 15) is 4.79 Å². The highest BCUT2D eigenvalue weighted by Gasteiger charge is 2.22. The molecule has 1 fully saturated rings. The van der Waals surface area contributed by atoms with Crippen LogP contribution in [0.15, 0.2) is 29.2 Å². The third-order valence-electron chi connectivity index (χ3n) is 4.07. The molecule has 0 spiro atoms. The number of likely N-dealkylation sites (N-methyl/N-ethyl adjacent to an activating group) is 1. The van der Waals surface area contributed by atoms with Gasteiger partial charge in [-0.2, -0.15) is 0 Å². The number of rotatable bonds is 8. The van der Waals surface area contributed by atoms with Gasteiger partial charge < -0.3 is 5.32 Å². The first-order chi connectivity index (χ1) is 10.7. The molecule has 1 atom stereocenters. The Kier molecular flexibility index (Phi) is 7.56. The van der Waals surface area contributed by atoms with E-state index in [2.05, 4.69) is 17.1 Å². The van der Waals surface area contributed by atoms with Crippen molar-refractivity contribution in [2.75, 3.05) is 25.4 Å². The molecule has 1 aliphatic rings. The second kappa shape index (κ2) is 9.43. The Morgan fingerprint density at radius 2 is 2.18 bits per heavy atom. The zero-order chi connectivity index (χ0) is 15.8. The summed E-state index contributed by atoms with van der Waals surface area (Å²) in [5.74, 6) is 1.14. The number of likely N-dealkylation sites (tertiary alicyclic amines) is 1. The molecule has 1 amide bonds. The predicted molar refractivity (Wildman–Crippen MR) is 94.7 cm³/mol. The van der Waals surface area contributed by atoms with Crippen molar-refractivity contribution in [3.8, 4) is 0 Å². The van der Waals surface area contributed by atoms with E-state index in [1.54, 1.807) is 11.8 Å². The number of hydrogen-bond acceptors (Lipinski definition) is 3. The smallest absolute Gasteiger partial charge is 0.220 e. The number of benzene rings is 1. The number of amides is 1. The highest BCUT2D eigenvalue weighted by molar-refractivity contribution is 7.99. The van der Waals surface area contributed by atoms with Crippen molar-refractivity contribution in [3.63, 3.8) is 0 Å². The third kappa shape index (κ3) is 5.82. The lowest BCUT2D eigenvalue weighted by Crippen LogP contribution is -2.39. The molecule has 0 radical (unpaired) electrons. The molecule has 1 saturated heterocycles. The van der Waals surface area contributed by atoms with Gasteiger partial charge in [-0.3, -0.25) is 9.69 Å². The lowest BCUT2D eigenvalue weighted by molar-refractivity contribution is -0.121. The molecule has 0 aliphatic carbocycles. The van der Waals surface area contributed by atoms with Crippen LogP contribution < -0.4 is 5.32 Å². The third-order valence-corrected chi connectivity index (χ3v) is 5.42. The molecule has 0 bridgehead atoms. The first-order valence-electron chi connectivity index (χ1n) is 8.08. The van der Waals surface area contributed by atoms with Crippen LogP contribution in [0.25, 0.3) is 0 Å². The van der Waals surface area contributed by atoms with Gasteiger partial charge in [-0.25, -0.2) is 0 Å². The van der Waals surface area contributed by atoms with Crippen LogP contribution >= 0.6 is 23.4 Å². The maximum Gasteiger partial charge on any atom is 0.220 e. The van der Waals surface area contributed by atoms with Crippen molar-refractivity contribution in [1.29, 1.82) is 0 Å². The van der Waals surface area contributed by atoms with Crippen LogP contribution in [0.5, 0.6) is 0 Å². The number of nitrogens with one attached hydrogen (secondary N) is 1. The molecule has 1 aromatic rings. The van der Waals surface area contributed by atoms with Gasteiger partial charge in [0.25, 0.3) is 0 Å². The number of halogens is 1. The van der Waals surface area contributed by atoms with Crippen molar-refractivity contribution in [2.45, 2.75) is 43.5 Å². The summed E-state index contributed by atoms with van der Waals surface area (Å²) in [7, 11) is 0. The van der Waals surface area contributed by atoms with Crippen molar-refractivity contribution in [1.82, 2.24) is 10.2 Å². The molecule has 5 heteroatoms. The number of carbonyl (C=O) groups is 1. The molecule has 1 aliphatic heterocycles. The maximum absolute atomic E-state index is 11.9. The molecular formula is C17H25ClN2OS. The van der Waals surface area contributed by atoms with E-state index in [0.29, 0.717) is 12.5 Å². The predicted octanol–water partition coefficient (Wildman–Crippen LogP) is 3.81. The van der Waals surface area contributed by atoms with Crippen molar-refractivity contribution < 1.29 is 4.79 Å². The Morgan fingerprint density at radius 1 is 1.41 bits per heavy atom. The van der Waals surface area contributed by atoms with Gasteiger partial charge in [0.15, 0.2) is 0 Å². The molecule has 1 heterocycles. The first kappa shape index (κ1) is 17.6. The second-order valence-corrected chi connectivity index (χ2v) is 7.24. The van der Waals surface area contributed by atoms with E-state index in [4.69, 9.17) is 11.6 Å². The quantitative estimate of drug-likeness (QED) is 0.577. The minimum Gasteiger partial charge on any atom is -0.355 e. The molecule has 0 aromatic heterocycles. The standard InChI is InChI=1S/C17H25ClN2OS/c1-2-20-11-3-5-15(20)13-19-17(21)6-4-12-22-16-9-7-14(18)8-10-16/h7-10,15H,2-6,11-13H2,1H3,(H,19,21). The molecule has 1 unspecified atom stereocenters. The zero-order valence-electron chi connectivity index (χ0n) is 13.2. The minimum absolute atomic E-state index is 0.180. The zero-order valence-corrected chi connectivity index (χ0v) is 14.8. The number of thioether (sulfide) groups is 1. The van der Waals surface area contributed by atoms with E-state index >= 15 is 0 Å². The molecule has 0 saturated carbocycles. The molecule has 22 heavy (non-hydrogen) atoms. The molecular weight excluding hydrogens is 316 g/mol. The summed E-state index contributed by atoms with van der Waals surface area (Å²) in [6, 6.07) is 8.38. The summed E-state index contributed by atoms with van der Waals surface area (Å²) < 4.78 is 0. The summed E-state index contributed by atoms with van der Waals surface area (Å²) in [5.41, 5.74) is 0. The fourth-order valence-electron chi connectivity index (χ4n) is 2.82. The van der Waals surface area contributed by atoms with Crippen molar-refractivity contribution in [3.05, 3.63) is 29.3 Å². The summed E-state index contributed by atoms with van der Waals surface area (Å²) >= 11 is 7.63. The van der Waals surface area contributed by atoms with Crippen LogP contribution in [0, 0.1) is 0 Å².